The SMILES string of the molecule is CC(=O)CS/C(=C\c1ccccc1)[Si](C)(C)C. The summed E-state index contributed by atoms with van der Waals surface area (Å²) in [6.45, 7) is 8.59. The largest absolute Gasteiger partial charge is 0.299 e. The molecule has 0 radical (unpaired) electrons. The lowest BCUT2D eigenvalue weighted by atomic mass is 10.2. The zero-order valence-electron chi connectivity index (χ0n) is 11.0. The third-order valence-electron chi connectivity index (χ3n) is 2.27. The molecular formula is C14H20OSSi. The van der Waals surface area contributed by atoms with Gasteiger partial charge in [-0.15, -0.1) is 11.8 Å². The van der Waals surface area contributed by atoms with Gasteiger partial charge in [-0.2, -0.15) is 0 Å². The number of Topliss-reactive ketones (excluding diaryl/α,β-unsaturated/α-hetero) is 1. The first-order valence-electron chi connectivity index (χ1n) is 5.79. The Balaban J connectivity index is 2.91. The van der Waals surface area contributed by atoms with Crippen LogP contribution < -0.4 is 0 Å². The molecule has 0 aromatic heterocycles. The summed E-state index contributed by atoms with van der Waals surface area (Å²) >= 11 is 1.70. The number of ketones is 1. The van der Waals surface area contributed by atoms with Crippen LogP contribution in [0.2, 0.25) is 19.6 Å². The van der Waals surface area contributed by atoms with Gasteiger partial charge in [-0.1, -0.05) is 50.0 Å². The monoisotopic (exact) mass is 264 g/mol. The number of benzene rings is 1. The van der Waals surface area contributed by atoms with Crippen LogP contribution >= 0.6 is 11.8 Å². The van der Waals surface area contributed by atoms with Crippen LogP contribution in [-0.2, 0) is 4.79 Å². The molecule has 0 N–H and O–H groups in total. The lowest BCUT2D eigenvalue weighted by molar-refractivity contribution is -0.114. The molecule has 1 aromatic carbocycles. The molecule has 0 aliphatic rings. The van der Waals surface area contributed by atoms with Crippen LogP contribution in [0.15, 0.2) is 34.9 Å². The zero-order valence-corrected chi connectivity index (χ0v) is 12.8. The second kappa shape index (κ2) is 6.22. The van der Waals surface area contributed by atoms with Crippen molar-refractivity contribution in [2.45, 2.75) is 26.6 Å². The molecule has 0 amide bonds. The van der Waals surface area contributed by atoms with Gasteiger partial charge in [0.2, 0.25) is 0 Å². The average Bonchev–Trinajstić information content (AvgIpc) is 2.23. The summed E-state index contributed by atoms with van der Waals surface area (Å²) in [5.74, 6) is 0.829. The fourth-order valence-electron chi connectivity index (χ4n) is 1.35. The van der Waals surface area contributed by atoms with Crippen molar-refractivity contribution in [3.05, 3.63) is 40.4 Å². The Labute approximate surface area is 109 Å². The van der Waals surface area contributed by atoms with Crippen molar-refractivity contribution in [1.82, 2.24) is 0 Å². The standard InChI is InChI=1S/C14H20OSSi/c1-12(15)11-16-14(17(2,3)4)10-13-8-6-5-7-9-13/h5-10H,11H2,1-4H3/b14-10+. The minimum absolute atomic E-state index is 0.243. The average molecular weight is 264 g/mol. The molecular weight excluding hydrogens is 244 g/mol. The Hall–Kier alpha value is -0.803. The number of carbonyl (C=O) groups is 1. The van der Waals surface area contributed by atoms with E-state index in [-0.39, 0.29) is 5.78 Å². The zero-order chi connectivity index (χ0) is 12.9. The van der Waals surface area contributed by atoms with Gasteiger partial charge in [0, 0.05) is 0 Å². The molecule has 1 nitrogen and oxygen atoms in total. The summed E-state index contributed by atoms with van der Waals surface area (Å²) in [7, 11) is -1.36. The summed E-state index contributed by atoms with van der Waals surface area (Å²) in [5, 5.41) is 0. The van der Waals surface area contributed by atoms with Crippen molar-refractivity contribution in [3.8, 4) is 0 Å². The summed E-state index contributed by atoms with van der Waals surface area (Å²) < 4.78 is 1.39. The van der Waals surface area contributed by atoms with Crippen LogP contribution in [0.3, 0.4) is 0 Å². The van der Waals surface area contributed by atoms with E-state index < -0.39 is 8.07 Å². The van der Waals surface area contributed by atoms with Gasteiger partial charge in [-0.3, -0.25) is 4.79 Å². The fraction of sp³-hybridized carbons (Fsp3) is 0.357. The molecule has 3 heteroatoms. The van der Waals surface area contributed by atoms with Crippen LogP contribution in [0.5, 0.6) is 0 Å². The molecule has 0 atom stereocenters. The Kier molecular flexibility index (Phi) is 5.21. The van der Waals surface area contributed by atoms with E-state index in [0.717, 1.165) is 0 Å². The Morgan fingerprint density at radius 3 is 2.29 bits per heavy atom. The summed E-state index contributed by atoms with van der Waals surface area (Å²) in [6, 6.07) is 10.3. The van der Waals surface area contributed by atoms with Crippen LogP contribution in [0.4, 0.5) is 0 Å². The third-order valence-corrected chi connectivity index (χ3v) is 7.14. The van der Waals surface area contributed by atoms with Crippen molar-refractivity contribution in [2.24, 2.45) is 0 Å². The number of thioether (sulfide) groups is 1. The molecule has 0 heterocycles. The van der Waals surface area contributed by atoms with Gasteiger partial charge in [0.15, 0.2) is 0 Å². The number of carbonyl (C=O) groups excluding carboxylic acids is 1. The predicted octanol–water partition coefficient (Wildman–Crippen LogP) is 4.23. The third kappa shape index (κ3) is 5.37. The van der Waals surface area contributed by atoms with E-state index in [0.29, 0.717) is 5.75 Å². The van der Waals surface area contributed by atoms with E-state index in [1.54, 1.807) is 18.7 Å². The molecule has 0 fully saturated rings. The molecule has 92 valence electrons. The Morgan fingerprint density at radius 2 is 1.82 bits per heavy atom. The predicted molar refractivity (Wildman–Crippen MR) is 80.9 cm³/mol. The number of hydrogen-bond donors (Lipinski definition) is 0. The summed E-state index contributed by atoms with van der Waals surface area (Å²) in [5.41, 5.74) is 1.22. The van der Waals surface area contributed by atoms with Gasteiger partial charge < -0.3 is 0 Å². The maximum Gasteiger partial charge on any atom is 0.140 e. The van der Waals surface area contributed by atoms with Gasteiger partial charge in [-0.05, 0) is 23.1 Å². The highest BCUT2D eigenvalue weighted by atomic mass is 32.2. The maximum atomic E-state index is 11.1. The minimum Gasteiger partial charge on any atom is -0.299 e. The second-order valence-corrected chi connectivity index (χ2v) is 11.6. The second-order valence-electron chi connectivity index (χ2n) is 5.16. The maximum absolute atomic E-state index is 11.1. The molecule has 0 saturated heterocycles. The van der Waals surface area contributed by atoms with Crippen LogP contribution in [0, 0.1) is 0 Å². The van der Waals surface area contributed by atoms with Crippen LogP contribution in [0.25, 0.3) is 6.08 Å². The Bertz CT molecular complexity index is 404. The van der Waals surface area contributed by atoms with Crippen molar-refractivity contribution in [3.63, 3.8) is 0 Å². The topological polar surface area (TPSA) is 17.1 Å². The first-order chi connectivity index (χ1) is 7.89. The first-order valence-corrected chi connectivity index (χ1v) is 10.3. The highest BCUT2D eigenvalue weighted by Crippen LogP contribution is 2.28. The van der Waals surface area contributed by atoms with Gasteiger partial charge in [0.05, 0.1) is 13.8 Å². The van der Waals surface area contributed by atoms with Crippen molar-refractivity contribution in [1.29, 1.82) is 0 Å². The van der Waals surface area contributed by atoms with Crippen molar-refractivity contribution in [2.75, 3.05) is 5.75 Å². The van der Waals surface area contributed by atoms with E-state index in [4.69, 9.17) is 0 Å². The molecule has 1 aromatic rings. The lowest BCUT2D eigenvalue weighted by Crippen LogP contribution is -2.22. The molecule has 17 heavy (non-hydrogen) atoms. The normalized spacial score (nSPS) is 12.6. The molecule has 0 bridgehead atoms. The van der Waals surface area contributed by atoms with Gasteiger partial charge in [-0.25, -0.2) is 0 Å². The van der Waals surface area contributed by atoms with Gasteiger partial charge in [0.25, 0.3) is 0 Å². The first kappa shape index (κ1) is 14.3. The molecule has 0 saturated carbocycles. The van der Waals surface area contributed by atoms with Crippen LogP contribution in [0.1, 0.15) is 12.5 Å². The van der Waals surface area contributed by atoms with Crippen molar-refractivity contribution >= 4 is 31.7 Å². The smallest absolute Gasteiger partial charge is 0.140 e. The quantitative estimate of drug-likeness (QED) is 0.740. The molecule has 0 spiro atoms. The number of hydrogen-bond acceptors (Lipinski definition) is 2. The highest BCUT2D eigenvalue weighted by Gasteiger charge is 2.20. The van der Waals surface area contributed by atoms with Gasteiger partial charge in [0.1, 0.15) is 5.78 Å². The minimum atomic E-state index is -1.36. The lowest BCUT2D eigenvalue weighted by Gasteiger charge is -2.20. The van der Waals surface area contributed by atoms with E-state index in [1.165, 1.54) is 10.1 Å². The summed E-state index contributed by atoms with van der Waals surface area (Å²) in [6.07, 6.45) is 2.24. The number of rotatable bonds is 5. The van der Waals surface area contributed by atoms with Gasteiger partial charge >= 0.3 is 0 Å². The van der Waals surface area contributed by atoms with E-state index in [1.807, 2.05) is 18.2 Å². The highest BCUT2D eigenvalue weighted by molar-refractivity contribution is 8.06. The Morgan fingerprint density at radius 1 is 1.24 bits per heavy atom. The van der Waals surface area contributed by atoms with Crippen molar-refractivity contribution < 1.29 is 4.79 Å². The fourth-order valence-corrected chi connectivity index (χ4v) is 4.48. The molecule has 1 rings (SSSR count). The van der Waals surface area contributed by atoms with E-state index >= 15 is 0 Å². The van der Waals surface area contributed by atoms with Crippen LogP contribution in [-0.4, -0.2) is 19.6 Å². The summed E-state index contributed by atoms with van der Waals surface area (Å²) in [4.78, 5) is 11.1. The molecule has 0 unspecified atom stereocenters. The molecule has 0 aliphatic heterocycles. The molecule has 0 aliphatic carbocycles. The van der Waals surface area contributed by atoms with E-state index in [9.17, 15) is 4.79 Å². The van der Waals surface area contributed by atoms with E-state index in [2.05, 4.69) is 37.8 Å².